The second-order valence-corrected chi connectivity index (χ2v) is 3.20. The highest BCUT2D eigenvalue weighted by molar-refractivity contribution is 6.52. The van der Waals surface area contributed by atoms with E-state index < -0.39 is 8.80 Å². The highest BCUT2D eigenvalue weighted by Crippen LogP contribution is 1.80. The van der Waals surface area contributed by atoms with Gasteiger partial charge in [-0.3, -0.25) is 0 Å². The summed E-state index contributed by atoms with van der Waals surface area (Å²) in [7, 11) is -4.13. The van der Waals surface area contributed by atoms with Crippen molar-refractivity contribution in [2.24, 2.45) is 0 Å². The molecule has 0 spiro atoms. The van der Waals surface area contributed by atoms with Crippen LogP contribution in [0.15, 0.2) is 0 Å². The van der Waals surface area contributed by atoms with Crippen molar-refractivity contribution in [2.45, 2.75) is 13.0 Å². The molecule has 0 aliphatic carbocycles. The Morgan fingerprint density at radius 3 is 1.83 bits per heavy atom. The molecule has 1 N–H and O–H groups in total. The molecule has 0 saturated heterocycles. The zero-order valence-electron chi connectivity index (χ0n) is 3.47. The minimum Gasteiger partial charge on any atom is -0.849 e. The van der Waals surface area contributed by atoms with Gasteiger partial charge in [-0.2, -0.15) is 0 Å². The molecule has 0 bridgehead atoms. The molecule has 0 aromatic rings. The first-order valence-electron chi connectivity index (χ1n) is 1.69. The molecule has 6 heavy (non-hydrogen) atoms. The fourth-order valence-electron chi connectivity index (χ4n) is 0. The Morgan fingerprint density at radius 2 is 1.83 bits per heavy atom. The van der Waals surface area contributed by atoms with Crippen LogP contribution in [0, 0.1) is 0 Å². The molecule has 0 rings (SSSR count). The summed E-state index contributed by atoms with van der Waals surface area (Å²) >= 11 is 0. The van der Waals surface area contributed by atoms with E-state index in [-0.39, 0.29) is 6.04 Å². The van der Waals surface area contributed by atoms with E-state index in [1.807, 2.05) is 0 Å². The molecule has 0 aliphatic heterocycles. The van der Waals surface area contributed by atoms with Gasteiger partial charge >= 0.3 is 0 Å². The first-order chi connectivity index (χ1) is 2.56. The Bertz CT molecular complexity index is 38.5. The third-order valence-electron chi connectivity index (χ3n) is 0.447. The summed E-state index contributed by atoms with van der Waals surface area (Å²) in [6.45, 7) is 1.40. The highest BCUT2D eigenvalue weighted by atomic mass is 28.4. The lowest BCUT2D eigenvalue weighted by Crippen LogP contribution is -2.62. The van der Waals surface area contributed by atoms with E-state index in [1.165, 1.54) is 6.92 Å². The van der Waals surface area contributed by atoms with Crippen LogP contribution in [0.5, 0.6) is 0 Å². The molecule has 0 aliphatic rings. The summed E-state index contributed by atoms with van der Waals surface area (Å²) in [5.41, 5.74) is 0. The van der Waals surface area contributed by atoms with Crippen LogP contribution in [0.1, 0.15) is 6.92 Å². The minimum absolute atomic E-state index is 0.146. The van der Waals surface area contributed by atoms with Gasteiger partial charge < -0.3 is 14.4 Å². The third-order valence-corrected chi connectivity index (χ3v) is 1.34. The van der Waals surface area contributed by atoms with Crippen LogP contribution in [0.25, 0.3) is 0 Å². The SMILES string of the molecule is CC[Si]([O-])([O-])O. The van der Waals surface area contributed by atoms with Crippen LogP contribution in [0.2, 0.25) is 6.04 Å². The standard InChI is InChI=1S/C2H6O3Si/c1-2-6(3,4)5/h3H,2H2,1H3/q-2. The molecular formula is C2H6O3Si-2. The van der Waals surface area contributed by atoms with Gasteiger partial charge in [0.15, 0.2) is 0 Å². The van der Waals surface area contributed by atoms with Gasteiger partial charge in [-0.05, 0) is 8.80 Å². The van der Waals surface area contributed by atoms with E-state index in [2.05, 4.69) is 0 Å². The lowest BCUT2D eigenvalue weighted by Gasteiger charge is -2.37. The zero-order valence-corrected chi connectivity index (χ0v) is 4.47. The van der Waals surface area contributed by atoms with E-state index in [0.29, 0.717) is 0 Å². The van der Waals surface area contributed by atoms with Crippen LogP contribution >= 0.6 is 0 Å². The van der Waals surface area contributed by atoms with Gasteiger partial charge in [0.1, 0.15) is 0 Å². The van der Waals surface area contributed by atoms with Crippen LogP contribution in [-0.4, -0.2) is 13.6 Å². The van der Waals surface area contributed by atoms with E-state index in [9.17, 15) is 9.59 Å². The fraction of sp³-hybridized carbons (Fsp3) is 1.00. The monoisotopic (exact) mass is 106 g/mol. The van der Waals surface area contributed by atoms with Gasteiger partial charge in [0, 0.05) is 0 Å². The Kier molecular flexibility index (Phi) is 1.73. The maximum Gasteiger partial charge on any atom is -0.00700 e. The molecule has 0 heterocycles. The van der Waals surface area contributed by atoms with E-state index in [4.69, 9.17) is 4.80 Å². The molecule has 0 unspecified atom stereocenters. The van der Waals surface area contributed by atoms with Crippen molar-refractivity contribution in [3.8, 4) is 0 Å². The van der Waals surface area contributed by atoms with Gasteiger partial charge in [-0.15, -0.1) is 0 Å². The maximum absolute atomic E-state index is 9.61. The lowest BCUT2D eigenvalue weighted by atomic mass is 11.0. The summed E-state index contributed by atoms with van der Waals surface area (Å²) in [6, 6.07) is -0.146. The molecule has 0 fully saturated rings. The zero-order chi connectivity index (χ0) is 5.21. The highest BCUT2D eigenvalue weighted by Gasteiger charge is 1.87. The quantitative estimate of drug-likeness (QED) is 0.381. The predicted molar refractivity (Wildman–Crippen MR) is 18.5 cm³/mol. The normalized spacial score (nSPS) is 12.0. The van der Waals surface area contributed by atoms with Crippen molar-refractivity contribution in [1.82, 2.24) is 0 Å². The summed E-state index contributed by atoms with van der Waals surface area (Å²) in [5.74, 6) is 0. The van der Waals surface area contributed by atoms with Crippen LogP contribution in [0.4, 0.5) is 0 Å². The Morgan fingerprint density at radius 1 is 1.67 bits per heavy atom. The van der Waals surface area contributed by atoms with Crippen molar-refractivity contribution >= 4 is 8.80 Å². The first kappa shape index (κ1) is 6.10. The van der Waals surface area contributed by atoms with Gasteiger partial charge in [0.05, 0.1) is 0 Å². The lowest BCUT2D eigenvalue weighted by molar-refractivity contribution is -0.400. The topological polar surface area (TPSA) is 66.3 Å². The van der Waals surface area contributed by atoms with E-state index >= 15 is 0 Å². The fourth-order valence-corrected chi connectivity index (χ4v) is 0. The molecule has 0 amide bonds. The Hall–Kier alpha value is 0.0969. The molecular weight excluding hydrogens is 100 g/mol. The Balaban J connectivity index is 3.17. The smallest absolute Gasteiger partial charge is 0.00700 e. The average molecular weight is 106 g/mol. The summed E-state index contributed by atoms with van der Waals surface area (Å²) in [6.07, 6.45) is 0. The second kappa shape index (κ2) is 1.70. The molecule has 38 valence electrons. The van der Waals surface area contributed by atoms with E-state index in [1.54, 1.807) is 0 Å². The van der Waals surface area contributed by atoms with Gasteiger partial charge in [-0.1, -0.05) is 13.0 Å². The summed E-state index contributed by atoms with van der Waals surface area (Å²) in [5, 5.41) is 0. The predicted octanol–water partition coefficient (Wildman–Crippen LogP) is -2.34. The van der Waals surface area contributed by atoms with Crippen molar-refractivity contribution in [1.29, 1.82) is 0 Å². The minimum atomic E-state index is -4.13. The molecule has 0 atom stereocenters. The van der Waals surface area contributed by atoms with Gasteiger partial charge in [-0.25, -0.2) is 0 Å². The first-order valence-corrected chi connectivity index (χ1v) is 3.66. The number of hydrogen-bond acceptors (Lipinski definition) is 3. The number of rotatable bonds is 1. The molecule has 0 aromatic carbocycles. The van der Waals surface area contributed by atoms with Crippen molar-refractivity contribution in [3.63, 3.8) is 0 Å². The molecule has 0 radical (unpaired) electrons. The van der Waals surface area contributed by atoms with Crippen molar-refractivity contribution < 1.29 is 14.4 Å². The Labute approximate surface area is 37.2 Å². The van der Waals surface area contributed by atoms with Crippen molar-refractivity contribution in [3.05, 3.63) is 0 Å². The van der Waals surface area contributed by atoms with E-state index in [0.717, 1.165) is 0 Å². The largest absolute Gasteiger partial charge is 0.849 e. The van der Waals surface area contributed by atoms with Crippen molar-refractivity contribution in [2.75, 3.05) is 0 Å². The number of hydrogen-bond donors (Lipinski definition) is 1. The summed E-state index contributed by atoms with van der Waals surface area (Å²) in [4.78, 5) is 27.1. The molecule has 0 saturated carbocycles. The second-order valence-electron chi connectivity index (χ2n) is 1.07. The summed E-state index contributed by atoms with van der Waals surface area (Å²) < 4.78 is 0. The average Bonchev–Trinajstić information content (AvgIpc) is 1.35. The van der Waals surface area contributed by atoms with Gasteiger partial charge in [0.2, 0.25) is 0 Å². The molecule has 3 nitrogen and oxygen atoms in total. The third kappa shape index (κ3) is 4.10. The maximum atomic E-state index is 9.61. The van der Waals surface area contributed by atoms with Crippen LogP contribution < -0.4 is 9.59 Å². The van der Waals surface area contributed by atoms with Gasteiger partial charge in [0.25, 0.3) is 0 Å². The van der Waals surface area contributed by atoms with Crippen LogP contribution in [0.3, 0.4) is 0 Å². The van der Waals surface area contributed by atoms with Crippen LogP contribution in [-0.2, 0) is 0 Å². The molecule has 0 aromatic heterocycles. The molecule has 4 heteroatoms.